The van der Waals surface area contributed by atoms with Crippen molar-refractivity contribution in [2.45, 2.75) is 32.4 Å². The van der Waals surface area contributed by atoms with Crippen LogP contribution in [-0.4, -0.2) is 16.2 Å². The van der Waals surface area contributed by atoms with Crippen molar-refractivity contribution >= 4 is 23.4 Å². The Morgan fingerprint density at radius 1 is 1.37 bits per heavy atom. The van der Waals surface area contributed by atoms with Crippen molar-refractivity contribution in [3.05, 3.63) is 73.5 Å². The van der Waals surface area contributed by atoms with Gasteiger partial charge in [-0.25, -0.2) is 9.37 Å². The SMILES string of the molecule is C=c1c(=O)/c(=C2\NC=C(Cc3ccc(F)cc3)S2)nc2n1CCOC2(C)C. The molecule has 140 valence electrons. The third-order valence-electron chi connectivity index (χ3n) is 4.70. The average Bonchev–Trinajstić information content (AvgIpc) is 3.08. The molecule has 0 saturated carbocycles. The standard InChI is InChI=1S/C20H20FN3O2S/c1-12-17(25)16(23-19-20(2,3)26-9-8-24(12)19)18-22-11-15(27-18)10-13-4-6-14(21)7-5-13/h4-7,11,22H,1,8-10H2,2-3H3/b18-16-. The van der Waals surface area contributed by atoms with Crippen molar-refractivity contribution in [3.8, 4) is 0 Å². The fraction of sp³-hybridized carbons (Fsp3) is 0.300. The molecule has 3 heterocycles. The van der Waals surface area contributed by atoms with Gasteiger partial charge in [0, 0.05) is 24.1 Å². The van der Waals surface area contributed by atoms with Crippen LogP contribution in [0.3, 0.4) is 0 Å². The molecule has 0 spiro atoms. The first kappa shape index (κ1) is 18.0. The van der Waals surface area contributed by atoms with Crippen LogP contribution < -0.4 is 21.4 Å². The Balaban J connectivity index is 1.71. The second kappa shape index (κ2) is 6.65. The summed E-state index contributed by atoms with van der Waals surface area (Å²) in [6, 6.07) is 6.41. The molecule has 0 fully saturated rings. The van der Waals surface area contributed by atoms with Crippen LogP contribution in [0.15, 0.2) is 40.2 Å². The van der Waals surface area contributed by atoms with E-state index in [2.05, 4.69) is 16.9 Å². The number of rotatable bonds is 2. The Bertz CT molecular complexity index is 1100. The molecule has 4 rings (SSSR count). The van der Waals surface area contributed by atoms with Crippen molar-refractivity contribution < 1.29 is 9.13 Å². The number of benzene rings is 1. The molecule has 0 aliphatic carbocycles. The minimum atomic E-state index is -0.582. The van der Waals surface area contributed by atoms with Gasteiger partial charge in [0.15, 0.2) is 0 Å². The van der Waals surface area contributed by atoms with E-state index in [0.29, 0.717) is 41.1 Å². The maximum atomic E-state index is 13.1. The largest absolute Gasteiger partial charge is 0.366 e. The number of halogens is 1. The molecule has 2 aliphatic heterocycles. The number of allylic oxidation sites excluding steroid dienone is 1. The third-order valence-corrected chi connectivity index (χ3v) is 5.74. The molecular formula is C20H20FN3O2S. The Morgan fingerprint density at radius 3 is 2.85 bits per heavy atom. The summed E-state index contributed by atoms with van der Waals surface area (Å²) < 4.78 is 20.7. The summed E-state index contributed by atoms with van der Waals surface area (Å²) in [7, 11) is 0. The van der Waals surface area contributed by atoms with Crippen molar-refractivity contribution in [2.75, 3.05) is 6.61 Å². The first-order chi connectivity index (χ1) is 12.8. The van der Waals surface area contributed by atoms with Gasteiger partial charge in [0.05, 0.1) is 12.0 Å². The van der Waals surface area contributed by atoms with Gasteiger partial charge in [-0.1, -0.05) is 30.5 Å². The number of fused-ring (bicyclic) bond motifs is 1. The van der Waals surface area contributed by atoms with E-state index < -0.39 is 5.60 Å². The summed E-state index contributed by atoms with van der Waals surface area (Å²) >= 11 is 1.47. The molecule has 1 aromatic heterocycles. The van der Waals surface area contributed by atoms with Gasteiger partial charge in [-0.15, -0.1) is 0 Å². The van der Waals surface area contributed by atoms with Crippen LogP contribution in [0.1, 0.15) is 25.2 Å². The molecule has 0 radical (unpaired) electrons. The first-order valence-electron chi connectivity index (χ1n) is 8.71. The summed E-state index contributed by atoms with van der Waals surface area (Å²) in [5, 5.41) is 4.63. The average molecular weight is 385 g/mol. The predicted octanol–water partition coefficient (Wildman–Crippen LogP) is 1.54. The lowest BCUT2D eigenvalue weighted by molar-refractivity contribution is -0.0565. The van der Waals surface area contributed by atoms with Crippen LogP contribution in [0.5, 0.6) is 0 Å². The molecule has 2 aromatic rings. The van der Waals surface area contributed by atoms with Crippen molar-refractivity contribution in [1.29, 1.82) is 0 Å². The van der Waals surface area contributed by atoms with Crippen LogP contribution in [0.25, 0.3) is 11.6 Å². The summed E-state index contributed by atoms with van der Waals surface area (Å²) in [5.74, 6) is 0.451. The van der Waals surface area contributed by atoms with E-state index in [1.54, 1.807) is 12.1 Å². The highest BCUT2D eigenvalue weighted by atomic mass is 32.2. The zero-order valence-electron chi connectivity index (χ0n) is 15.2. The molecule has 5 nitrogen and oxygen atoms in total. The maximum absolute atomic E-state index is 13.1. The highest BCUT2D eigenvalue weighted by molar-refractivity contribution is 8.11. The van der Waals surface area contributed by atoms with E-state index in [1.807, 2.05) is 24.6 Å². The lowest BCUT2D eigenvalue weighted by Crippen LogP contribution is -2.53. The molecule has 1 aromatic carbocycles. The van der Waals surface area contributed by atoms with Gasteiger partial charge in [0.1, 0.15) is 27.6 Å². The lowest BCUT2D eigenvalue weighted by Gasteiger charge is -2.32. The van der Waals surface area contributed by atoms with Gasteiger partial charge in [-0.3, -0.25) is 4.79 Å². The minimum Gasteiger partial charge on any atom is -0.366 e. The van der Waals surface area contributed by atoms with E-state index in [0.717, 1.165) is 10.5 Å². The van der Waals surface area contributed by atoms with Gasteiger partial charge in [-0.2, -0.15) is 0 Å². The van der Waals surface area contributed by atoms with E-state index >= 15 is 0 Å². The first-order valence-corrected chi connectivity index (χ1v) is 9.53. The Kier molecular flexibility index (Phi) is 4.44. The zero-order valence-corrected chi connectivity index (χ0v) is 16.0. The van der Waals surface area contributed by atoms with E-state index in [4.69, 9.17) is 4.74 Å². The Hall–Kier alpha value is -2.38. The second-order valence-corrected chi connectivity index (χ2v) is 8.20. The van der Waals surface area contributed by atoms with E-state index in [9.17, 15) is 9.18 Å². The van der Waals surface area contributed by atoms with Crippen molar-refractivity contribution in [3.63, 3.8) is 0 Å². The van der Waals surface area contributed by atoms with Crippen LogP contribution in [-0.2, 0) is 23.3 Å². The number of ether oxygens (including phenoxy) is 1. The smallest absolute Gasteiger partial charge is 0.229 e. The van der Waals surface area contributed by atoms with Crippen LogP contribution >= 0.6 is 11.8 Å². The second-order valence-electron chi connectivity index (χ2n) is 7.06. The monoisotopic (exact) mass is 385 g/mol. The van der Waals surface area contributed by atoms with Gasteiger partial charge in [0.2, 0.25) is 5.43 Å². The number of hydrogen-bond donors (Lipinski definition) is 1. The van der Waals surface area contributed by atoms with Gasteiger partial charge in [0.25, 0.3) is 0 Å². The molecular weight excluding hydrogens is 365 g/mol. The highest BCUT2D eigenvalue weighted by Crippen LogP contribution is 2.31. The highest BCUT2D eigenvalue weighted by Gasteiger charge is 2.31. The molecule has 0 atom stereocenters. The number of nitrogens with zero attached hydrogens (tertiary/aromatic N) is 2. The molecule has 27 heavy (non-hydrogen) atoms. The van der Waals surface area contributed by atoms with Crippen LogP contribution in [0, 0.1) is 5.82 Å². The summed E-state index contributed by atoms with van der Waals surface area (Å²) in [6.07, 6.45) is 2.52. The number of nitrogens with one attached hydrogen (secondary N) is 1. The van der Waals surface area contributed by atoms with Gasteiger partial charge < -0.3 is 14.6 Å². The maximum Gasteiger partial charge on any atom is 0.229 e. The van der Waals surface area contributed by atoms with Crippen LogP contribution in [0.4, 0.5) is 4.39 Å². The topological polar surface area (TPSA) is 56.2 Å². The zero-order chi connectivity index (χ0) is 19.2. The predicted molar refractivity (Wildman–Crippen MR) is 105 cm³/mol. The number of thioether (sulfide) groups is 1. The van der Waals surface area contributed by atoms with E-state index in [-0.39, 0.29) is 11.2 Å². The van der Waals surface area contributed by atoms with Gasteiger partial charge >= 0.3 is 0 Å². The molecule has 7 heteroatoms. The number of hydrogen-bond acceptors (Lipinski definition) is 5. The normalized spacial score (nSPS) is 20.0. The molecule has 1 N–H and O–H groups in total. The Labute approximate surface area is 160 Å². The molecule has 0 unspecified atom stereocenters. The number of aromatic nitrogens is 2. The quantitative estimate of drug-likeness (QED) is 0.850. The molecule has 0 amide bonds. The fourth-order valence-corrected chi connectivity index (χ4v) is 4.23. The summed E-state index contributed by atoms with van der Waals surface area (Å²) in [5.41, 5.74) is 0.242. The van der Waals surface area contributed by atoms with Gasteiger partial charge in [-0.05, 0) is 31.5 Å². The fourth-order valence-electron chi connectivity index (χ4n) is 3.26. The van der Waals surface area contributed by atoms with Crippen molar-refractivity contribution in [1.82, 2.24) is 14.9 Å². The summed E-state index contributed by atoms with van der Waals surface area (Å²) in [4.78, 5) is 18.5. The van der Waals surface area contributed by atoms with Crippen molar-refractivity contribution in [2.24, 2.45) is 0 Å². The molecule has 0 bridgehead atoms. The Morgan fingerprint density at radius 2 is 2.11 bits per heavy atom. The lowest BCUT2D eigenvalue weighted by atomic mass is 10.1. The minimum absolute atomic E-state index is 0.178. The summed E-state index contributed by atoms with van der Waals surface area (Å²) in [6.45, 7) is 8.96. The van der Waals surface area contributed by atoms with Crippen LogP contribution in [0.2, 0.25) is 0 Å². The molecule has 2 aliphatic rings. The molecule has 0 saturated heterocycles. The van der Waals surface area contributed by atoms with E-state index in [1.165, 1.54) is 23.9 Å². The third kappa shape index (κ3) is 3.33.